The highest BCUT2D eigenvalue weighted by Gasteiger charge is 2.04. The molecule has 4 nitrogen and oxygen atoms in total. The molecule has 3 rings (SSSR count). The van der Waals surface area contributed by atoms with Gasteiger partial charge in [0.2, 0.25) is 0 Å². The second-order valence-electron chi connectivity index (χ2n) is 6.83. The van der Waals surface area contributed by atoms with E-state index < -0.39 is 0 Å². The van der Waals surface area contributed by atoms with Crippen molar-refractivity contribution in [3.05, 3.63) is 115 Å². The number of hydrogen-bond acceptors (Lipinski definition) is 3. The van der Waals surface area contributed by atoms with Gasteiger partial charge in [0.25, 0.3) is 0 Å². The number of benzene rings is 1. The second kappa shape index (κ2) is 10.9. The topological polar surface area (TPSA) is 42.7 Å². The van der Waals surface area contributed by atoms with E-state index in [9.17, 15) is 0 Å². The molecule has 0 saturated carbocycles. The van der Waals surface area contributed by atoms with E-state index in [2.05, 4.69) is 62.8 Å². The Kier molecular flexibility index (Phi) is 7.72. The van der Waals surface area contributed by atoms with Crippen LogP contribution in [0.5, 0.6) is 0 Å². The van der Waals surface area contributed by atoms with Crippen LogP contribution in [0.4, 0.5) is 0 Å². The quantitative estimate of drug-likeness (QED) is 0.403. The lowest BCUT2D eigenvalue weighted by Crippen LogP contribution is -2.18. The Morgan fingerprint density at radius 2 is 1.97 bits per heavy atom. The Balaban J connectivity index is 1.49. The van der Waals surface area contributed by atoms with Crippen LogP contribution in [-0.2, 0) is 19.5 Å². The first-order valence-corrected chi connectivity index (χ1v) is 9.94. The SMILES string of the molecule is C=C/C=C(\C=C/C)c1ccc(CNCCc2cncn2Cc2ccccc2)cn1. The van der Waals surface area contributed by atoms with Crippen molar-refractivity contribution in [1.82, 2.24) is 19.9 Å². The molecule has 0 fully saturated rings. The van der Waals surface area contributed by atoms with Crippen molar-refractivity contribution in [3.63, 3.8) is 0 Å². The number of rotatable bonds is 10. The highest BCUT2D eigenvalue weighted by molar-refractivity contribution is 5.72. The lowest BCUT2D eigenvalue weighted by molar-refractivity contribution is 0.651. The predicted molar refractivity (Wildman–Crippen MR) is 120 cm³/mol. The van der Waals surface area contributed by atoms with Gasteiger partial charge in [-0.25, -0.2) is 4.98 Å². The van der Waals surface area contributed by atoms with Gasteiger partial charge in [0.1, 0.15) is 0 Å². The van der Waals surface area contributed by atoms with Crippen LogP contribution in [-0.4, -0.2) is 21.1 Å². The van der Waals surface area contributed by atoms with Gasteiger partial charge in [-0.3, -0.25) is 4.98 Å². The first kappa shape index (κ1) is 20.5. The number of nitrogens with zero attached hydrogens (tertiary/aromatic N) is 3. The molecule has 3 aromatic rings. The number of nitrogens with one attached hydrogen (secondary N) is 1. The van der Waals surface area contributed by atoms with Crippen LogP contribution in [0.25, 0.3) is 5.57 Å². The summed E-state index contributed by atoms with van der Waals surface area (Å²) in [6.07, 6.45) is 14.5. The van der Waals surface area contributed by atoms with Crippen molar-refractivity contribution >= 4 is 5.57 Å². The lowest BCUT2D eigenvalue weighted by Gasteiger charge is -2.09. The third kappa shape index (κ3) is 6.13. The van der Waals surface area contributed by atoms with E-state index >= 15 is 0 Å². The van der Waals surface area contributed by atoms with E-state index in [-0.39, 0.29) is 0 Å². The van der Waals surface area contributed by atoms with Gasteiger partial charge in [-0.1, -0.05) is 67.3 Å². The van der Waals surface area contributed by atoms with E-state index in [4.69, 9.17) is 0 Å². The summed E-state index contributed by atoms with van der Waals surface area (Å²) >= 11 is 0. The molecule has 29 heavy (non-hydrogen) atoms. The van der Waals surface area contributed by atoms with Gasteiger partial charge in [-0.15, -0.1) is 0 Å². The van der Waals surface area contributed by atoms with E-state index in [0.29, 0.717) is 0 Å². The molecule has 0 saturated heterocycles. The Bertz CT molecular complexity index is 950. The Morgan fingerprint density at radius 1 is 1.10 bits per heavy atom. The summed E-state index contributed by atoms with van der Waals surface area (Å²) in [6.45, 7) is 8.32. The summed E-state index contributed by atoms with van der Waals surface area (Å²) in [5.74, 6) is 0. The fourth-order valence-corrected chi connectivity index (χ4v) is 3.16. The number of aromatic nitrogens is 3. The smallest absolute Gasteiger partial charge is 0.0951 e. The van der Waals surface area contributed by atoms with E-state index in [0.717, 1.165) is 37.3 Å². The first-order valence-electron chi connectivity index (χ1n) is 9.94. The Hall–Kier alpha value is -3.24. The molecule has 0 spiro atoms. The summed E-state index contributed by atoms with van der Waals surface area (Å²) in [4.78, 5) is 8.90. The molecular formula is C25H28N4. The molecule has 1 N–H and O–H groups in total. The maximum Gasteiger partial charge on any atom is 0.0951 e. The standard InChI is InChI=1S/C25H28N4/c1-3-8-23(9-4-2)25-13-12-22(17-28-25)16-26-15-14-24-18-27-20-29(24)19-21-10-6-5-7-11-21/h3-13,17-18,20,26H,1,14-16,19H2,2H3/b9-4-,23-8+. The van der Waals surface area contributed by atoms with Gasteiger partial charge in [-0.05, 0) is 29.7 Å². The summed E-state index contributed by atoms with van der Waals surface area (Å²) in [5.41, 5.74) is 5.71. The molecule has 0 aliphatic carbocycles. The maximum atomic E-state index is 4.58. The van der Waals surface area contributed by atoms with Crippen molar-refractivity contribution in [3.8, 4) is 0 Å². The average Bonchev–Trinajstić information content (AvgIpc) is 3.19. The fourth-order valence-electron chi connectivity index (χ4n) is 3.16. The predicted octanol–water partition coefficient (Wildman–Crippen LogP) is 4.80. The molecule has 0 atom stereocenters. The molecule has 0 amide bonds. The van der Waals surface area contributed by atoms with Crippen molar-refractivity contribution in [2.45, 2.75) is 26.4 Å². The van der Waals surface area contributed by atoms with Crippen LogP contribution >= 0.6 is 0 Å². The van der Waals surface area contributed by atoms with Crippen LogP contribution in [0.2, 0.25) is 0 Å². The normalized spacial score (nSPS) is 11.8. The van der Waals surface area contributed by atoms with Gasteiger partial charge in [0.05, 0.1) is 12.0 Å². The molecule has 148 valence electrons. The second-order valence-corrected chi connectivity index (χ2v) is 6.83. The zero-order valence-corrected chi connectivity index (χ0v) is 17.0. The largest absolute Gasteiger partial charge is 0.330 e. The highest BCUT2D eigenvalue weighted by Crippen LogP contribution is 2.14. The molecule has 0 aliphatic heterocycles. The summed E-state index contributed by atoms with van der Waals surface area (Å²) in [7, 11) is 0. The minimum Gasteiger partial charge on any atom is -0.330 e. The number of pyridine rings is 1. The summed E-state index contributed by atoms with van der Waals surface area (Å²) < 4.78 is 2.21. The monoisotopic (exact) mass is 384 g/mol. The van der Waals surface area contributed by atoms with Gasteiger partial charge in [0.15, 0.2) is 0 Å². The molecular weight excluding hydrogens is 356 g/mol. The van der Waals surface area contributed by atoms with Crippen LogP contribution in [0.1, 0.15) is 29.4 Å². The molecule has 2 heterocycles. The Labute approximate surface area is 173 Å². The third-order valence-electron chi connectivity index (χ3n) is 4.65. The number of imidazole rings is 1. The average molecular weight is 385 g/mol. The highest BCUT2D eigenvalue weighted by atomic mass is 15.0. The van der Waals surface area contributed by atoms with Gasteiger partial charge in [-0.2, -0.15) is 0 Å². The zero-order valence-electron chi connectivity index (χ0n) is 17.0. The molecule has 0 aliphatic rings. The molecule has 0 unspecified atom stereocenters. The summed E-state index contributed by atoms with van der Waals surface area (Å²) in [5, 5.41) is 3.50. The third-order valence-corrected chi connectivity index (χ3v) is 4.65. The minimum atomic E-state index is 0.796. The maximum absolute atomic E-state index is 4.58. The minimum absolute atomic E-state index is 0.796. The van der Waals surface area contributed by atoms with Crippen molar-refractivity contribution < 1.29 is 0 Å². The zero-order chi connectivity index (χ0) is 20.3. The van der Waals surface area contributed by atoms with Crippen LogP contribution in [0, 0.1) is 0 Å². The number of hydrogen-bond donors (Lipinski definition) is 1. The molecule has 1 aromatic carbocycles. The molecule has 2 aromatic heterocycles. The van der Waals surface area contributed by atoms with Crippen LogP contribution < -0.4 is 5.32 Å². The molecule has 0 radical (unpaired) electrons. The van der Waals surface area contributed by atoms with Crippen LogP contribution in [0.3, 0.4) is 0 Å². The van der Waals surface area contributed by atoms with Crippen molar-refractivity contribution in [2.75, 3.05) is 6.54 Å². The first-order chi connectivity index (χ1) is 14.3. The Morgan fingerprint density at radius 3 is 2.69 bits per heavy atom. The number of allylic oxidation sites excluding steroid dienone is 5. The lowest BCUT2D eigenvalue weighted by atomic mass is 10.1. The molecule has 4 heteroatoms. The van der Waals surface area contributed by atoms with Gasteiger partial charge < -0.3 is 9.88 Å². The van der Waals surface area contributed by atoms with E-state index in [1.165, 1.54) is 16.8 Å². The van der Waals surface area contributed by atoms with Gasteiger partial charge in [0, 0.05) is 44.1 Å². The molecule has 0 bridgehead atoms. The van der Waals surface area contributed by atoms with Gasteiger partial charge >= 0.3 is 0 Å². The summed E-state index contributed by atoms with van der Waals surface area (Å²) in [6, 6.07) is 14.6. The van der Waals surface area contributed by atoms with Crippen LogP contribution in [0.15, 0.2) is 92.1 Å². The van der Waals surface area contributed by atoms with Crippen molar-refractivity contribution in [2.24, 2.45) is 0 Å². The van der Waals surface area contributed by atoms with E-state index in [1.807, 2.05) is 49.9 Å². The van der Waals surface area contributed by atoms with Crippen molar-refractivity contribution in [1.29, 1.82) is 0 Å². The fraction of sp³-hybridized carbons (Fsp3) is 0.200. The van der Waals surface area contributed by atoms with E-state index in [1.54, 1.807) is 6.08 Å².